The summed E-state index contributed by atoms with van der Waals surface area (Å²) in [5, 5.41) is 1.98. The minimum absolute atomic E-state index is 0.182. The quantitative estimate of drug-likeness (QED) is 0.262. The van der Waals surface area contributed by atoms with Gasteiger partial charge >= 0.3 is 5.97 Å². The van der Waals surface area contributed by atoms with Gasteiger partial charge in [0.2, 0.25) is 5.89 Å². The molecule has 2 heterocycles. The largest absolute Gasteiger partial charge is 0.493 e. The van der Waals surface area contributed by atoms with Crippen LogP contribution in [0.4, 0.5) is 0 Å². The summed E-state index contributed by atoms with van der Waals surface area (Å²) < 4.78 is 17.0. The number of esters is 1. The van der Waals surface area contributed by atoms with E-state index in [1.807, 2.05) is 86.0 Å². The lowest BCUT2D eigenvalue weighted by atomic mass is 9.98. The van der Waals surface area contributed by atoms with Gasteiger partial charge in [0.15, 0.2) is 0 Å². The summed E-state index contributed by atoms with van der Waals surface area (Å²) in [6.07, 6.45) is 1.26. The van der Waals surface area contributed by atoms with Crippen molar-refractivity contribution in [2.24, 2.45) is 0 Å². The Morgan fingerprint density at radius 3 is 2.55 bits per heavy atom. The molecular weight excluding hydrogens is 434 g/mol. The molecule has 0 radical (unpaired) electrons. The highest BCUT2D eigenvalue weighted by Gasteiger charge is 2.23. The summed E-state index contributed by atoms with van der Waals surface area (Å²) in [6, 6.07) is 21.7. The van der Waals surface area contributed by atoms with Crippen LogP contribution in [0.15, 0.2) is 76.5 Å². The molecule has 0 spiro atoms. The Morgan fingerprint density at radius 2 is 1.85 bits per heavy atom. The monoisotopic (exact) mass is 461 g/mol. The first kappa shape index (κ1) is 22.8. The second-order valence-electron chi connectivity index (χ2n) is 7.65. The first-order chi connectivity index (χ1) is 16.1. The average molecular weight is 462 g/mol. The Balaban J connectivity index is 1.33. The molecule has 0 saturated heterocycles. The van der Waals surface area contributed by atoms with E-state index in [4.69, 9.17) is 13.9 Å². The maximum atomic E-state index is 12.5. The van der Waals surface area contributed by atoms with Crippen LogP contribution in [0.1, 0.15) is 34.7 Å². The third-order valence-electron chi connectivity index (χ3n) is 5.34. The van der Waals surface area contributed by atoms with Crippen molar-refractivity contribution in [1.29, 1.82) is 0 Å². The molecule has 33 heavy (non-hydrogen) atoms. The zero-order chi connectivity index (χ0) is 23.0. The number of rotatable bonds is 10. The highest BCUT2D eigenvalue weighted by Crippen LogP contribution is 2.27. The van der Waals surface area contributed by atoms with Gasteiger partial charge in [0, 0.05) is 16.9 Å². The van der Waals surface area contributed by atoms with Crippen LogP contribution in [0, 0.1) is 6.92 Å². The highest BCUT2D eigenvalue weighted by atomic mass is 32.1. The Labute approximate surface area is 198 Å². The molecule has 0 saturated carbocycles. The SMILES string of the molecule is CCOC(=O)C(Cc1ccc(OCCc2nc(-c3ccccc3)oc2C)cc1)c1cccs1. The molecule has 0 aliphatic rings. The number of nitrogens with zero attached hydrogens (tertiary/aromatic N) is 1. The van der Waals surface area contributed by atoms with Crippen molar-refractivity contribution in [3.05, 3.63) is 94.0 Å². The fourth-order valence-electron chi connectivity index (χ4n) is 3.62. The molecule has 1 unspecified atom stereocenters. The standard InChI is InChI=1S/C27H27NO4S/c1-3-30-27(29)23(25-10-7-17-33-25)18-20-11-13-22(14-12-20)31-16-15-24-19(2)32-26(28-24)21-8-5-4-6-9-21/h4-14,17,23H,3,15-16,18H2,1-2H3. The Kier molecular flexibility index (Phi) is 7.58. The maximum Gasteiger partial charge on any atom is 0.314 e. The lowest BCUT2D eigenvalue weighted by molar-refractivity contribution is -0.144. The van der Waals surface area contributed by atoms with Crippen molar-refractivity contribution in [3.63, 3.8) is 0 Å². The molecular formula is C27H27NO4S. The molecule has 2 aromatic carbocycles. The van der Waals surface area contributed by atoms with Crippen molar-refractivity contribution in [1.82, 2.24) is 4.98 Å². The van der Waals surface area contributed by atoms with Crippen molar-refractivity contribution < 1.29 is 18.7 Å². The van der Waals surface area contributed by atoms with E-state index in [1.165, 1.54) is 0 Å². The van der Waals surface area contributed by atoms with E-state index in [0.717, 1.165) is 33.2 Å². The number of oxazole rings is 1. The van der Waals surface area contributed by atoms with E-state index in [-0.39, 0.29) is 11.9 Å². The van der Waals surface area contributed by atoms with Crippen LogP contribution in [-0.2, 0) is 22.4 Å². The van der Waals surface area contributed by atoms with E-state index in [2.05, 4.69) is 4.98 Å². The molecule has 170 valence electrons. The first-order valence-electron chi connectivity index (χ1n) is 11.1. The number of aromatic nitrogens is 1. The minimum atomic E-state index is -0.286. The molecule has 4 aromatic rings. The molecule has 0 amide bonds. The van der Waals surface area contributed by atoms with Gasteiger partial charge < -0.3 is 13.9 Å². The summed E-state index contributed by atoms with van der Waals surface area (Å²) in [6.45, 7) is 4.64. The van der Waals surface area contributed by atoms with Gasteiger partial charge in [-0.1, -0.05) is 36.4 Å². The van der Waals surface area contributed by atoms with E-state index in [1.54, 1.807) is 11.3 Å². The number of thiophene rings is 1. The lowest BCUT2D eigenvalue weighted by Gasteiger charge is -2.14. The molecule has 0 fully saturated rings. The summed E-state index contributed by atoms with van der Waals surface area (Å²) in [5.74, 6) is 1.76. The van der Waals surface area contributed by atoms with E-state index in [9.17, 15) is 4.79 Å². The fraction of sp³-hybridized carbons (Fsp3) is 0.259. The number of ether oxygens (including phenoxy) is 2. The minimum Gasteiger partial charge on any atom is -0.493 e. The number of hydrogen-bond acceptors (Lipinski definition) is 6. The van der Waals surface area contributed by atoms with Crippen molar-refractivity contribution in [2.75, 3.05) is 13.2 Å². The van der Waals surface area contributed by atoms with Crippen LogP contribution in [-0.4, -0.2) is 24.2 Å². The second-order valence-corrected chi connectivity index (χ2v) is 8.63. The van der Waals surface area contributed by atoms with Gasteiger partial charge in [0.1, 0.15) is 11.5 Å². The van der Waals surface area contributed by atoms with Crippen LogP contribution in [0.2, 0.25) is 0 Å². The van der Waals surface area contributed by atoms with E-state index < -0.39 is 0 Å². The number of aryl methyl sites for hydroxylation is 1. The van der Waals surface area contributed by atoms with Gasteiger partial charge in [0.05, 0.1) is 24.8 Å². The van der Waals surface area contributed by atoms with Crippen LogP contribution >= 0.6 is 11.3 Å². The highest BCUT2D eigenvalue weighted by molar-refractivity contribution is 7.10. The van der Waals surface area contributed by atoms with Gasteiger partial charge in [-0.2, -0.15) is 0 Å². The Bertz CT molecular complexity index is 1150. The number of hydrogen-bond donors (Lipinski definition) is 0. The number of carbonyl (C=O) groups excluding carboxylic acids is 1. The molecule has 1 atom stereocenters. The van der Waals surface area contributed by atoms with Crippen molar-refractivity contribution >= 4 is 17.3 Å². The normalized spacial score (nSPS) is 11.8. The predicted octanol–water partition coefficient (Wildman–Crippen LogP) is 6.22. The summed E-state index contributed by atoms with van der Waals surface area (Å²) >= 11 is 1.58. The fourth-order valence-corrected chi connectivity index (χ4v) is 4.43. The maximum absolute atomic E-state index is 12.5. The summed E-state index contributed by atoms with van der Waals surface area (Å²) in [5.41, 5.74) is 2.93. The average Bonchev–Trinajstić information content (AvgIpc) is 3.49. The Morgan fingerprint density at radius 1 is 1.06 bits per heavy atom. The number of carbonyl (C=O) groups is 1. The molecule has 5 nitrogen and oxygen atoms in total. The molecule has 0 N–H and O–H groups in total. The second kappa shape index (κ2) is 11.0. The third-order valence-corrected chi connectivity index (χ3v) is 6.33. The van der Waals surface area contributed by atoms with Crippen LogP contribution < -0.4 is 4.74 Å². The van der Waals surface area contributed by atoms with Gasteiger partial charge in [-0.3, -0.25) is 4.79 Å². The van der Waals surface area contributed by atoms with Crippen LogP contribution in [0.5, 0.6) is 5.75 Å². The molecule has 0 aliphatic carbocycles. The molecule has 6 heteroatoms. The summed E-state index contributed by atoms with van der Waals surface area (Å²) in [4.78, 5) is 18.1. The third kappa shape index (κ3) is 5.90. The molecule has 2 aromatic heterocycles. The van der Waals surface area contributed by atoms with Gasteiger partial charge in [-0.15, -0.1) is 11.3 Å². The van der Waals surface area contributed by atoms with Gasteiger partial charge in [-0.05, 0) is 61.5 Å². The van der Waals surface area contributed by atoms with Crippen molar-refractivity contribution in [2.45, 2.75) is 32.6 Å². The molecule has 4 rings (SSSR count). The number of benzene rings is 2. The zero-order valence-corrected chi connectivity index (χ0v) is 19.6. The van der Waals surface area contributed by atoms with Crippen LogP contribution in [0.25, 0.3) is 11.5 Å². The van der Waals surface area contributed by atoms with Crippen molar-refractivity contribution in [3.8, 4) is 17.2 Å². The predicted molar refractivity (Wildman–Crippen MR) is 130 cm³/mol. The van der Waals surface area contributed by atoms with Gasteiger partial charge in [0.25, 0.3) is 0 Å². The Hall–Kier alpha value is -3.38. The topological polar surface area (TPSA) is 61.6 Å². The van der Waals surface area contributed by atoms with E-state index >= 15 is 0 Å². The first-order valence-corrected chi connectivity index (χ1v) is 12.0. The van der Waals surface area contributed by atoms with E-state index in [0.29, 0.717) is 31.9 Å². The molecule has 0 aliphatic heterocycles. The van der Waals surface area contributed by atoms with Gasteiger partial charge in [-0.25, -0.2) is 4.98 Å². The van der Waals surface area contributed by atoms with Crippen LogP contribution in [0.3, 0.4) is 0 Å². The lowest BCUT2D eigenvalue weighted by Crippen LogP contribution is -2.17. The summed E-state index contributed by atoms with van der Waals surface area (Å²) in [7, 11) is 0. The smallest absolute Gasteiger partial charge is 0.314 e. The molecule has 0 bridgehead atoms. The zero-order valence-electron chi connectivity index (χ0n) is 18.8.